The summed E-state index contributed by atoms with van der Waals surface area (Å²) in [4.78, 5) is 36.5. The Morgan fingerprint density at radius 3 is 2.34 bits per heavy atom. The highest BCUT2D eigenvalue weighted by atomic mass is 32.1. The van der Waals surface area contributed by atoms with Crippen LogP contribution in [-0.4, -0.2) is 69.8 Å². The van der Waals surface area contributed by atoms with Crippen molar-refractivity contribution in [3.8, 4) is 0 Å². The highest BCUT2D eigenvalue weighted by Crippen LogP contribution is 2.66. The van der Waals surface area contributed by atoms with Crippen LogP contribution in [0.4, 0.5) is 4.39 Å². The molecule has 0 aromatic rings. The molecule has 0 radical (unpaired) electrons. The van der Waals surface area contributed by atoms with E-state index in [4.69, 9.17) is 26.7 Å². The van der Waals surface area contributed by atoms with Crippen molar-refractivity contribution in [2.24, 2.45) is 0 Å². The Morgan fingerprint density at radius 2 is 1.81 bits per heavy atom. The van der Waals surface area contributed by atoms with E-state index in [-0.39, 0.29) is 10.8 Å². The zero-order valence-corrected chi connectivity index (χ0v) is 19.8. The van der Waals surface area contributed by atoms with Gasteiger partial charge in [0.15, 0.2) is 12.1 Å². The van der Waals surface area contributed by atoms with Gasteiger partial charge in [-0.2, -0.15) is 8.62 Å². The standard InChI is InChI=1S/C12H20FN2O13P3S/c1-6-14-9(32)7(13)4-15(6)10-8(16)12(3,17)11(2,26-10)5-25-30(21,22)28-31(23,24)27-29(18,19)20/h4,8,10,16-17H,1,5H2,2-3H3,(H,14,32)(H,21,22)(H,23,24)(H2,18,19,20). The number of ether oxygens (including phenoxy) is 1. The molecule has 2 heterocycles. The van der Waals surface area contributed by atoms with E-state index in [2.05, 4.69) is 25.0 Å². The number of hydrogen-bond donors (Lipinski definition) is 7. The van der Waals surface area contributed by atoms with Crippen LogP contribution in [0.2, 0.25) is 0 Å². The Balaban J connectivity index is 2.20. The first kappa shape index (κ1) is 27.6. The predicted octanol–water partition coefficient (Wildman–Crippen LogP) is 0.0713. The number of phosphoric ester groups is 1. The Bertz CT molecular complexity index is 985. The minimum absolute atomic E-state index is 0.0339. The van der Waals surface area contributed by atoms with Crippen LogP contribution in [0, 0.1) is 0 Å². The molecule has 1 fully saturated rings. The number of aliphatic hydroxyl groups is 2. The van der Waals surface area contributed by atoms with E-state index in [1.807, 2.05) is 0 Å². The molecule has 15 nitrogen and oxygen atoms in total. The molecule has 0 bridgehead atoms. The molecule has 0 aliphatic carbocycles. The topological polar surface area (TPSA) is 225 Å². The summed E-state index contributed by atoms with van der Waals surface area (Å²) in [6.45, 7) is 4.68. The quantitative estimate of drug-likeness (QED) is 0.159. The van der Waals surface area contributed by atoms with Crippen LogP contribution < -0.4 is 5.32 Å². The van der Waals surface area contributed by atoms with Crippen LogP contribution in [0.3, 0.4) is 0 Å². The van der Waals surface area contributed by atoms with Crippen molar-refractivity contribution >= 4 is 40.7 Å². The van der Waals surface area contributed by atoms with E-state index in [1.54, 1.807) is 0 Å². The molecule has 2 rings (SSSR count). The Morgan fingerprint density at radius 1 is 1.25 bits per heavy atom. The zero-order valence-electron chi connectivity index (χ0n) is 16.3. The molecular formula is C12H20FN2O13P3S. The molecule has 0 aromatic carbocycles. The van der Waals surface area contributed by atoms with Crippen molar-refractivity contribution in [3.63, 3.8) is 0 Å². The normalized spacial score (nSPS) is 35.2. The molecule has 184 valence electrons. The average Bonchev–Trinajstić information content (AvgIpc) is 2.74. The molecule has 6 unspecified atom stereocenters. The number of nitrogens with zero attached hydrogens (tertiary/aromatic N) is 1. The van der Waals surface area contributed by atoms with Crippen molar-refractivity contribution in [1.82, 2.24) is 10.2 Å². The highest BCUT2D eigenvalue weighted by molar-refractivity contribution is 7.80. The molecule has 0 saturated carbocycles. The lowest BCUT2D eigenvalue weighted by Gasteiger charge is -2.35. The van der Waals surface area contributed by atoms with Gasteiger partial charge in [-0.25, -0.2) is 18.1 Å². The maximum absolute atomic E-state index is 13.9. The van der Waals surface area contributed by atoms with Gasteiger partial charge in [0.05, 0.1) is 6.61 Å². The first-order valence-electron chi connectivity index (χ1n) is 8.22. The maximum Gasteiger partial charge on any atom is 0.490 e. The molecule has 0 aromatic heterocycles. The molecule has 0 spiro atoms. The van der Waals surface area contributed by atoms with E-state index in [0.717, 1.165) is 24.9 Å². The van der Waals surface area contributed by atoms with Crippen LogP contribution in [0.5, 0.6) is 0 Å². The van der Waals surface area contributed by atoms with Crippen LogP contribution in [0.25, 0.3) is 0 Å². The fourth-order valence-corrected chi connectivity index (χ4v) is 5.95. The molecule has 6 atom stereocenters. The number of aliphatic hydroxyl groups excluding tert-OH is 1. The van der Waals surface area contributed by atoms with E-state index in [0.29, 0.717) is 0 Å². The summed E-state index contributed by atoms with van der Waals surface area (Å²) >= 11 is 4.72. The Hall–Kier alpha value is -0.610. The van der Waals surface area contributed by atoms with Gasteiger partial charge in [-0.05, 0) is 13.8 Å². The lowest BCUT2D eigenvalue weighted by Crippen LogP contribution is -2.55. The average molecular weight is 544 g/mol. The largest absolute Gasteiger partial charge is 0.490 e. The van der Waals surface area contributed by atoms with E-state index in [1.165, 1.54) is 0 Å². The van der Waals surface area contributed by atoms with Gasteiger partial charge < -0.3 is 44.7 Å². The first-order valence-corrected chi connectivity index (χ1v) is 13.2. The minimum Gasteiger partial charge on any atom is -0.385 e. The fourth-order valence-electron chi connectivity index (χ4n) is 2.68. The molecule has 2 aliphatic rings. The van der Waals surface area contributed by atoms with Gasteiger partial charge in [-0.1, -0.05) is 18.8 Å². The summed E-state index contributed by atoms with van der Waals surface area (Å²) in [5.74, 6) is -0.946. The van der Waals surface area contributed by atoms with E-state index in [9.17, 15) is 38.1 Å². The third-order valence-corrected chi connectivity index (χ3v) is 8.61. The van der Waals surface area contributed by atoms with Crippen LogP contribution in [0.15, 0.2) is 24.4 Å². The number of halogens is 1. The van der Waals surface area contributed by atoms with Crippen LogP contribution in [0.1, 0.15) is 13.8 Å². The van der Waals surface area contributed by atoms with Crippen molar-refractivity contribution in [3.05, 3.63) is 24.4 Å². The SMILES string of the molecule is C=C1NC(=S)C(F)=CN1C1OC(C)(COP(=O)(O)OP(=O)(O)OP(=O)(O)O)C(C)(O)C1O. The number of phosphoric acid groups is 3. The fraction of sp³-hybridized carbons (Fsp3) is 0.583. The molecule has 2 aliphatic heterocycles. The van der Waals surface area contributed by atoms with Gasteiger partial charge in [0.25, 0.3) is 0 Å². The predicted molar refractivity (Wildman–Crippen MR) is 106 cm³/mol. The van der Waals surface area contributed by atoms with E-state index >= 15 is 0 Å². The second kappa shape index (κ2) is 8.87. The smallest absolute Gasteiger partial charge is 0.385 e. The highest BCUT2D eigenvalue weighted by Gasteiger charge is 2.62. The third kappa shape index (κ3) is 6.09. The molecule has 0 amide bonds. The molecule has 7 N–H and O–H groups in total. The van der Waals surface area contributed by atoms with Gasteiger partial charge in [-0.3, -0.25) is 4.52 Å². The second-order valence-electron chi connectivity index (χ2n) is 6.98. The van der Waals surface area contributed by atoms with Crippen molar-refractivity contribution < 1.29 is 65.8 Å². The van der Waals surface area contributed by atoms with Crippen LogP contribution in [-0.2, 0) is 31.6 Å². The molecule has 32 heavy (non-hydrogen) atoms. The summed E-state index contributed by atoms with van der Waals surface area (Å²) in [5, 5.41) is 23.7. The summed E-state index contributed by atoms with van der Waals surface area (Å²) in [7, 11) is -16.9. The number of hydrogen-bond acceptors (Lipinski definition) is 11. The molecular weight excluding hydrogens is 524 g/mol. The van der Waals surface area contributed by atoms with Crippen LogP contribution >= 0.6 is 35.7 Å². The van der Waals surface area contributed by atoms with Gasteiger partial charge in [0, 0.05) is 6.20 Å². The number of rotatable bonds is 8. The number of thiocarbonyl (C=S) groups is 1. The van der Waals surface area contributed by atoms with Gasteiger partial charge in [0.1, 0.15) is 28.1 Å². The first-order chi connectivity index (χ1) is 14.2. The second-order valence-corrected chi connectivity index (χ2v) is 11.8. The maximum atomic E-state index is 13.9. The minimum atomic E-state index is -5.76. The zero-order chi connectivity index (χ0) is 24.9. The monoisotopic (exact) mass is 544 g/mol. The summed E-state index contributed by atoms with van der Waals surface area (Å²) < 4.78 is 65.2. The lowest BCUT2D eigenvalue weighted by atomic mass is 9.84. The summed E-state index contributed by atoms with van der Waals surface area (Å²) in [6.07, 6.45) is -2.46. The van der Waals surface area contributed by atoms with Gasteiger partial charge in [0.2, 0.25) is 0 Å². The van der Waals surface area contributed by atoms with Crippen molar-refractivity contribution in [2.45, 2.75) is 37.4 Å². The van der Waals surface area contributed by atoms with Gasteiger partial charge >= 0.3 is 23.5 Å². The van der Waals surface area contributed by atoms with Crippen molar-refractivity contribution in [2.75, 3.05) is 6.61 Å². The summed E-state index contributed by atoms with van der Waals surface area (Å²) in [6, 6.07) is 0. The molecule has 1 saturated heterocycles. The van der Waals surface area contributed by atoms with Crippen molar-refractivity contribution in [1.29, 1.82) is 0 Å². The molecule has 20 heteroatoms. The van der Waals surface area contributed by atoms with E-state index < -0.39 is 59.4 Å². The number of nitrogens with one attached hydrogen (secondary N) is 1. The Kier molecular flexibility index (Phi) is 7.66. The summed E-state index contributed by atoms with van der Waals surface area (Å²) in [5.41, 5.74) is -4.25. The third-order valence-electron chi connectivity index (χ3n) is 4.53. The van der Waals surface area contributed by atoms with Gasteiger partial charge in [-0.15, -0.1) is 0 Å². The lowest BCUT2D eigenvalue weighted by molar-refractivity contribution is -0.150. The Labute approximate surface area is 185 Å².